The van der Waals surface area contributed by atoms with Gasteiger partial charge in [0.25, 0.3) is 0 Å². The lowest BCUT2D eigenvalue weighted by Gasteiger charge is -2.29. The largest absolute Gasteiger partial charge is 0.352 e. The third-order valence-corrected chi connectivity index (χ3v) is 6.66. The minimum absolute atomic E-state index is 0.0623. The van der Waals surface area contributed by atoms with Crippen LogP contribution in [0.1, 0.15) is 43.9 Å². The molecule has 2 unspecified atom stereocenters. The highest BCUT2D eigenvalue weighted by Crippen LogP contribution is 2.25. The molecule has 7 heteroatoms. The van der Waals surface area contributed by atoms with Gasteiger partial charge < -0.3 is 10.2 Å². The highest BCUT2D eigenvalue weighted by atomic mass is 35.5. The van der Waals surface area contributed by atoms with Gasteiger partial charge in [0.05, 0.1) is 5.75 Å². The molecule has 0 saturated heterocycles. The first-order valence-corrected chi connectivity index (χ1v) is 12.3. The van der Waals surface area contributed by atoms with Crippen LogP contribution in [0.25, 0.3) is 0 Å². The summed E-state index contributed by atoms with van der Waals surface area (Å²) in [5.41, 5.74) is 3.05. The van der Waals surface area contributed by atoms with Crippen molar-refractivity contribution in [2.45, 2.75) is 58.5 Å². The first-order valence-electron chi connectivity index (χ1n) is 10.4. The van der Waals surface area contributed by atoms with Crippen LogP contribution in [0.5, 0.6) is 0 Å². The van der Waals surface area contributed by atoms with Crippen LogP contribution in [0.4, 0.5) is 0 Å². The first-order chi connectivity index (χ1) is 14.7. The second-order valence-corrected chi connectivity index (χ2v) is 9.56. The Morgan fingerprint density at radius 2 is 1.87 bits per heavy atom. The van der Waals surface area contributed by atoms with Crippen molar-refractivity contribution in [1.82, 2.24) is 10.2 Å². The quantitative estimate of drug-likeness (QED) is 0.462. The molecule has 2 aromatic rings. The number of hydrogen-bond acceptors (Lipinski definition) is 3. The van der Waals surface area contributed by atoms with Crippen molar-refractivity contribution in [3.8, 4) is 0 Å². The monoisotopic (exact) mass is 480 g/mol. The zero-order valence-corrected chi connectivity index (χ0v) is 20.8. The number of thioether (sulfide) groups is 1. The van der Waals surface area contributed by atoms with E-state index >= 15 is 0 Å². The Balaban J connectivity index is 2.10. The average Bonchev–Trinajstić information content (AvgIpc) is 2.72. The maximum atomic E-state index is 13.1. The number of rotatable bonds is 10. The highest BCUT2D eigenvalue weighted by Gasteiger charge is 2.26. The molecule has 0 saturated carbocycles. The Labute approximate surface area is 199 Å². The Kier molecular flexibility index (Phi) is 10.2. The molecule has 168 valence electrons. The SMILES string of the molecule is CCC(C)NC(=O)C(C)N(Cc1cccc(C)c1)C(=O)CSCc1ccc(Cl)cc1Cl. The van der Waals surface area contributed by atoms with Gasteiger partial charge >= 0.3 is 0 Å². The van der Waals surface area contributed by atoms with Crippen LogP contribution in [-0.4, -0.2) is 34.6 Å². The summed E-state index contributed by atoms with van der Waals surface area (Å²) in [5.74, 6) is 0.628. The number of carbonyl (C=O) groups excluding carboxylic acids is 2. The molecule has 31 heavy (non-hydrogen) atoms. The number of nitrogens with one attached hydrogen (secondary N) is 1. The molecular formula is C24H30Cl2N2O2S. The van der Waals surface area contributed by atoms with Gasteiger partial charge in [-0.2, -0.15) is 0 Å². The number of halogens is 2. The van der Waals surface area contributed by atoms with E-state index in [-0.39, 0.29) is 23.6 Å². The Morgan fingerprint density at radius 1 is 1.13 bits per heavy atom. The van der Waals surface area contributed by atoms with Crippen molar-refractivity contribution in [2.75, 3.05) is 5.75 Å². The molecule has 0 radical (unpaired) electrons. The van der Waals surface area contributed by atoms with Crippen LogP contribution in [0.15, 0.2) is 42.5 Å². The van der Waals surface area contributed by atoms with Gasteiger partial charge in [-0.05, 0) is 50.5 Å². The Morgan fingerprint density at radius 3 is 2.52 bits per heavy atom. The van der Waals surface area contributed by atoms with E-state index in [1.807, 2.05) is 51.1 Å². The van der Waals surface area contributed by atoms with E-state index in [1.165, 1.54) is 11.8 Å². The topological polar surface area (TPSA) is 49.4 Å². The van der Waals surface area contributed by atoms with Gasteiger partial charge in [-0.25, -0.2) is 0 Å². The lowest BCUT2D eigenvalue weighted by molar-refractivity contribution is -0.138. The molecule has 0 spiro atoms. The van der Waals surface area contributed by atoms with Crippen molar-refractivity contribution in [2.24, 2.45) is 0 Å². The number of aryl methyl sites for hydroxylation is 1. The Bertz CT molecular complexity index is 907. The van der Waals surface area contributed by atoms with E-state index < -0.39 is 6.04 Å². The summed E-state index contributed by atoms with van der Waals surface area (Å²) < 4.78 is 0. The first kappa shape index (κ1) is 25.6. The minimum Gasteiger partial charge on any atom is -0.352 e. The molecule has 2 aromatic carbocycles. The van der Waals surface area contributed by atoms with Crippen LogP contribution < -0.4 is 5.32 Å². The van der Waals surface area contributed by atoms with Gasteiger partial charge in [0, 0.05) is 28.4 Å². The molecule has 0 aliphatic rings. The summed E-state index contributed by atoms with van der Waals surface area (Å²) in [6.45, 7) is 8.16. The summed E-state index contributed by atoms with van der Waals surface area (Å²) in [6, 6.07) is 12.9. The fourth-order valence-electron chi connectivity index (χ4n) is 3.03. The maximum absolute atomic E-state index is 13.1. The lowest BCUT2D eigenvalue weighted by atomic mass is 10.1. The van der Waals surface area contributed by atoms with Crippen molar-refractivity contribution >= 4 is 46.8 Å². The number of benzene rings is 2. The van der Waals surface area contributed by atoms with Crippen molar-refractivity contribution in [1.29, 1.82) is 0 Å². The molecule has 2 rings (SSSR count). The second-order valence-electron chi connectivity index (χ2n) is 7.73. The van der Waals surface area contributed by atoms with Crippen molar-refractivity contribution in [3.05, 3.63) is 69.2 Å². The summed E-state index contributed by atoms with van der Waals surface area (Å²) in [7, 11) is 0. The average molecular weight is 481 g/mol. The molecule has 2 atom stereocenters. The number of hydrogen-bond donors (Lipinski definition) is 1. The molecule has 0 aromatic heterocycles. The zero-order chi connectivity index (χ0) is 23.0. The van der Waals surface area contributed by atoms with Crippen LogP contribution >= 0.6 is 35.0 Å². The Hall–Kier alpha value is -1.69. The van der Waals surface area contributed by atoms with E-state index in [2.05, 4.69) is 5.32 Å². The van der Waals surface area contributed by atoms with Gasteiger partial charge in [0.1, 0.15) is 6.04 Å². The third-order valence-electron chi connectivity index (χ3n) is 5.10. The van der Waals surface area contributed by atoms with E-state index in [0.29, 0.717) is 22.3 Å². The second kappa shape index (κ2) is 12.4. The van der Waals surface area contributed by atoms with Gasteiger partial charge in [-0.3, -0.25) is 9.59 Å². The van der Waals surface area contributed by atoms with Crippen molar-refractivity contribution < 1.29 is 9.59 Å². The smallest absolute Gasteiger partial charge is 0.242 e. The molecule has 0 aliphatic heterocycles. The van der Waals surface area contributed by atoms with Crippen LogP contribution in [0.2, 0.25) is 10.0 Å². The molecule has 0 fully saturated rings. The summed E-state index contributed by atoms with van der Waals surface area (Å²) in [4.78, 5) is 27.5. The third kappa shape index (κ3) is 8.06. The van der Waals surface area contributed by atoms with Gasteiger partial charge in [0.2, 0.25) is 11.8 Å². The zero-order valence-electron chi connectivity index (χ0n) is 18.5. The maximum Gasteiger partial charge on any atom is 0.242 e. The number of carbonyl (C=O) groups is 2. The molecule has 4 nitrogen and oxygen atoms in total. The van der Waals surface area contributed by atoms with Crippen molar-refractivity contribution in [3.63, 3.8) is 0 Å². The van der Waals surface area contributed by atoms with Crippen LogP contribution in [-0.2, 0) is 21.9 Å². The fourth-order valence-corrected chi connectivity index (χ4v) is 4.49. The standard InChI is InChI=1S/C24H30Cl2N2O2S/c1-5-17(3)27-24(30)18(4)28(13-19-8-6-7-16(2)11-19)23(29)15-31-14-20-9-10-21(25)12-22(20)26/h6-12,17-18H,5,13-15H2,1-4H3,(H,27,30). The minimum atomic E-state index is -0.568. The van der Waals surface area contributed by atoms with Crippen LogP contribution in [0.3, 0.4) is 0 Å². The molecule has 0 heterocycles. The molecule has 0 bridgehead atoms. The van der Waals surface area contributed by atoms with E-state index in [4.69, 9.17) is 23.2 Å². The predicted molar refractivity (Wildman–Crippen MR) is 132 cm³/mol. The fraction of sp³-hybridized carbons (Fsp3) is 0.417. The van der Waals surface area contributed by atoms with Gasteiger partial charge in [0.15, 0.2) is 0 Å². The normalized spacial score (nSPS) is 12.8. The summed E-state index contributed by atoms with van der Waals surface area (Å²) >= 11 is 13.7. The molecule has 0 aliphatic carbocycles. The van der Waals surface area contributed by atoms with Crippen LogP contribution in [0, 0.1) is 6.92 Å². The lowest BCUT2D eigenvalue weighted by Crippen LogP contribution is -2.50. The number of nitrogens with zero attached hydrogens (tertiary/aromatic N) is 1. The van der Waals surface area contributed by atoms with Gasteiger partial charge in [-0.15, -0.1) is 11.8 Å². The highest BCUT2D eigenvalue weighted by molar-refractivity contribution is 7.99. The van der Waals surface area contributed by atoms with Gasteiger partial charge in [-0.1, -0.05) is 66.0 Å². The van der Waals surface area contributed by atoms with E-state index in [1.54, 1.807) is 24.0 Å². The number of amides is 2. The van der Waals surface area contributed by atoms with E-state index in [9.17, 15) is 9.59 Å². The molecular weight excluding hydrogens is 451 g/mol. The molecule has 2 amide bonds. The molecule has 1 N–H and O–H groups in total. The summed E-state index contributed by atoms with van der Waals surface area (Å²) in [6.07, 6.45) is 0.835. The predicted octanol–water partition coefficient (Wildman–Crippen LogP) is 5.87. The van der Waals surface area contributed by atoms with E-state index in [0.717, 1.165) is 23.1 Å². The summed E-state index contributed by atoms with van der Waals surface area (Å²) in [5, 5.41) is 4.16.